The number of carbonyl (C=O) groups excluding carboxylic acids is 1. The Morgan fingerprint density at radius 2 is 1.58 bits per heavy atom. The molecule has 0 unspecified atom stereocenters. The Morgan fingerprint density at radius 3 is 2.28 bits per heavy atom. The minimum Gasteiger partial charge on any atom is -0.388 e. The monoisotopic (exact) mass is 482 g/mol. The lowest BCUT2D eigenvalue weighted by molar-refractivity contribution is -0.120. The molecule has 36 heavy (non-hydrogen) atoms. The van der Waals surface area contributed by atoms with E-state index in [0.29, 0.717) is 23.8 Å². The van der Waals surface area contributed by atoms with Crippen LogP contribution in [-0.4, -0.2) is 34.2 Å². The Kier molecular flexibility index (Phi) is 8.75. The highest BCUT2D eigenvalue weighted by Gasteiger charge is 2.35. The minimum absolute atomic E-state index is 0.0422. The Balaban J connectivity index is 1.82. The van der Waals surface area contributed by atoms with Crippen molar-refractivity contribution >= 4 is 17.4 Å². The van der Waals surface area contributed by atoms with Gasteiger partial charge in [0.2, 0.25) is 5.91 Å². The standard InChI is InChI=1S/C29H30N4O3/c1-2-36-20-26(34)32-23-15-7-6-14-22(23)28(33-25-17-9-11-19-31-25)27(24-16-8-10-18-30-24)29(35)21-12-4-3-5-13-21/h3-19,27-29,35H,2,20H2,1H3,(H,31,33)(H,32,34)/t27-,28+,29+/m0/s1. The summed E-state index contributed by atoms with van der Waals surface area (Å²) in [4.78, 5) is 21.6. The summed E-state index contributed by atoms with van der Waals surface area (Å²) in [6.45, 7) is 2.25. The number of ether oxygens (including phenoxy) is 1. The van der Waals surface area contributed by atoms with Crippen molar-refractivity contribution in [2.24, 2.45) is 0 Å². The number of benzene rings is 2. The highest BCUT2D eigenvalue weighted by molar-refractivity contribution is 5.92. The summed E-state index contributed by atoms with van der Waals surface area (Å²) < 4.78 is 5.29. The molecule has 0 radical (unpaired) electrons. The first-order valence-electron chi connectivity index (χ1n) is 12.0. The topological polar surface area (TPSA) is 96.4 Å². The number of rotatable bonds is 11. The van der Waals surface area contributed by atoms with Crippen LogP contribution in [0.25, 0.3) is 0 Å². The third kappa shape index (κ3) is 6.33. The van der Waals surface area contributed by atoms with Gasteiger partial charge < -0.3 is 20.5 Å². The zero-order valence-electron chi connectivity index (χ0n) is 20.1. The first-order valence-corrected chi connectivity index (χ1v) is 12.0. The highest BCUT2D eigenvalue weighted by atomic mass is 16.5. The smallest absolute Gasteiger partial charge is 0.250 e. The lowest BCUT2D eigenvalue weighted by atomic mass is 9.82. The molecule has 4 aromatic rings. The number of amides is 1. The van der Waals surface area contributed by atoms with Crippen molar-refractivity contribution in [3.05, 3.63) is 120 Å². The van der Waals surface area contributed by atoms with Crippen LogP contribution in [0.1, 0.15) is 41.8 Å². The van der Waals surface area contributed by atoms with Gasteiger partial charge in [0.05, 0.1) is 18.1 Å². The minimum atomic E-state index is -0.894. The first-order chi connectivity index (χ1) is 17.7. The molecule has 0 aliphatic rings. The van der Waals surface area contributed by atoms with Crippen LogP contribution in [0.2, 0.25) is 0 Å². The summed E-state index contributed by atoms with van der Waals surface area (Å²) in [5.41, 5.74) is 2.88. The van der Waals surface area contributed by atoms with E-state index in [0.717, 1.165) is 11.1 Å². The lowest BCUT2D eigenvalue weighted by Crippen LogP contribution is -2.28. The molecule has 0 aliphatic carbocycles. The fraction of sp³-hybridized carbons (Fsp3) is 0.207. The molecule has 0 fully saturated rings. The maximum Gasteiger partial charge on any atom is 0.250 e. The molecule has 7 nitrogen and oxygen atoms in total. The fourth-order valence-electron chi connectivity index (χ4n) is 4.18. The summed E-state index contributed by atoms with van der Waals surface area (Å²) in [5, 5.41) is 18.2. The predicted octanol–water partition coefficient (Wildman–Crippen LogP) is 5.12. The van der Waals surface area contributed by atoms with Gasteiger partial charge in [0.1, 0.15) is 12.4 Å². The van der Waals surface area contributed by atoms with Crippen LogP contribution in [0.5, 0.6) is 0 Å². The van der Waals surface area contributed by atoms with Crippen molar-refractivity contribution in [2.75, 3.05) is 23.8 Å². The van der Waals surface area contributed by atoms with Crippen LogP contribution in [0, 0.1) is 0 Å². The Labute approximate surface area is 211 Å². The van der Waals surface area contributed by atoms with Gasteiger partial charge in [0, 0.05) is 30.4 Å². The van der Waals surface area contributed by atoms with Gasteiger partial charge in [-0.2, -0.15) is 0 Å². The van der Waals surface area contributed by atoms with Gasteiger partial charge in [-0.3, -0.25) is 9.78 Å². The molecule has 3 atom stereocenters. The first kappa shape index (κ1) is 25.0. The molecule has 3 N–H and O–H groups in total. The number of hydrogen-bond donors (Lipinski definition) is 3. The molecule has 4 rings (SSSR count). The van der Waals surface area contributed by atoms with E-state index in [9.17, 15) is 9.90 Å². The van der Waals surface area contributed by atoms with Crippen LogP contribution in [-0.2, 0) is 9.53 Å². The van der Waals surface area contributed by atoms with Crippen LogP contribution < -0.4 is 10.6 Å². The van der Waals surface area contributed by atoms with Crippen molar-refractivity contribution in [2.45, 2.75) is 25.0 Å². The average Bonchev–Trinajstić information content (AvgIpc) is 2.93. The van der Waals surface area contributed by atoms with E-state index in [1.807, 2.05) is 97.9 Å². The summed E-state index contributed by atoms with van der Waals surface area (Å²) in [6.07, 6.45) is 2.53. The Bertz CT molecular complexity index is 1220. The second-order valence-electron chi connectivity index (χ2n) is 8.25. The number of aliphatic hydroxyl groups is 1. The predicted molar refractivity (Wildman–Crippen MR) is 141 cm³/mol. The van der Waals surface area contributed by atoms with Crippen molar-refractivity contribution in [1.29, 1.82) is 0 Å². The van der Waals surface area contributed by atoms with Crippen LogP contribution in [0.4, 0.5) is 11.5 Å². The number of nitrogens with zero attached hydrogens (tertiary/aromatic N) is 2. The lowest BCUT2D eigenvalue weighted by Gasteiger charge is -2.33. The fourth-order valence-corrected chi connectivity index (χ4v) is 4.18. The van der Waals surface area contributed by atoms with E-state index in [1.54, 1.807) is 12.4 Å². The molecule has 1 amide bonds. The summed E-state index contributed by atoms with van der Waals surface area (Å²) >= 11 is 0. The van der Waals surface area contributed by atoms with Gasteiger partial charge in [-0.05, 0) is 48.4 Å². The molecule has 2 heterocycles. The second-order valence-corrected chi connectivity index (χ2v) is 8.25. The third-order valence-corrected chi connectivity index (χ3v) is 5.85. The van der Waals surface area contributed by atoms with E-state index in [1.165, 1.54) is 0 Å². The molecular weight excluding hydrogens is 452 g/mol. The zero-order chi connectivity index (χ0) is 25.2. The normalized spacial score (nSPS) is 13.4. The van der Waals surface area contributed by atoms with E-state index >= 15 is 0 Å². The van der Waals surface area contributed by atoms with Gasteiger partial charge in [-0.1, -0.05) is 60.7 Å². The molecule has 2 aromatic heterocycles. The molecule has 0 saturated carbocycles. The molecule has 7 heteroatoms. The average molecular weight is 483 g/mol. The summed E-state index contributed by atoms with van der Waals surface area (Å²) in [7, 11) is 0. The number of para-hydroxylation sites is 1. The van der Waals surface area contributed by atoms with Crippen LogP contribution in [0.3, 0.4) is 0 Å². The van der Waals surface area contributed by atoms with Crippen molar-refractivity contribution in [3.8, 4) is 0 Å². The van der Waals surface area contributed by atoms with E-state index in [2.05, 4.69) is 20.6 Å². The molecule has 0 aliphatic heterocycles. The van der Waals surface area contributed by atoms with Crippen LogP contribution in [0.15, 0.2) is 103 Å². The van der Waals surface area contributed by atoms with E-state index < -0.39 is 18.1 Å². The van der Waals surface area contributed by atoms with E-state index in [-0.39, 0.29) is 12.5 Å². The third-order valence-electron chi connectivity index (χ3n) is 5.85. The number of aliphatic hydroxyl groups excluding tert-OH is 1. The quantitative estimate of drug-likeness (QED) is 0.275. The summed E-state index contributed by atoms with van der Waals surface area (Å²) in [5.74, 6) is -0.126. The second kappa shape index (κ2) is 12.6. The van der Waals surface area contributed by atoms with E-state index in [4.69, 9.17) is 4.74 Å². The largest absolute Gasteiger partial charge is 0.388 e. The Hall–Kier alpha value is -4.07. The number of nitrogens with one attached hydrogen (secondary N) is 2. The summed E-state index contributed by atoms with van der Waals surface area (Å²) in [6, 6.07) is 27.8. The Morgan fingerprint density at radius 1 is 0.889 bits per heavy atom. The SMILES string of the molecule is CCOCC(=O)Nc1ccccc1[C@@H](Nc1ccccn1)[C@H](c1ccccn1)[C@H](O)c1ccccc1. The molecule has 2 aromatic carbocycles. The maximum atomic E-state index is 12.6. The van der Waals surface area contributed by atoms with Gasteiger partial charge >= 0.3 is 0 Å². The molecule has 0 spiro atoms. The van der Waals surface area contributed by atoms with Gasteiger partial charge in [-0.15, -0.1) is 0 Å². The van der Waals surface area contributed by atoms with Gasteiger partial charge in [-0.25, -0.2) is 4.98 Å². The number of aromatic nitrogens is 2. The van der Waals surface area contributed by atoms with Crippen molar-refractivity contribution in [3.63, 3.8) is 0 Å². The van der Waals surface area contributed by atoms with Crippen molar-refractivity contribution < 1.29 is 14.6 Å². The van der Waals surface area contributed by atoms with Gasteiger partial charge in [0.25, 0.3) is 0 Å². The van der Waals surface area contributed by atoms with Gasteiger partial charge in [0.15, 0.2) is 0 Å². The molecule has 184 valence electrons. The molecular formula is C29H30N4O3. The zero-order valence-corrected chi connectivity index (χ0v) is 20.1. The van der Waals surface area contributed by atoms with Crippen molar-refractivity contribution in [1.82, 2.24) is 9.97 Å². The number of pyridine rings is 2. The highest BCUT2D eigenvalue weighted by Crippen LogP contribution is 2.43. The maximum absolute atomic E-state index is 12.6. The van der Waals surface area contributed by atoms with Crippen LogP contribution >= 0.6 is 0 Å². The molecule has 0 saturated heterocycles. The molecule has 0 bridgehead atoms. The number of hydrogen-bond acceptors (Lipinski definition) is 6. The number of carbonyl (C=O) groups is 1. The number of anilines is 2.